The van der Waals surface area contributed by atoms with Gasteiger partial charge in [-0.2, -0.15) is 10.1 Å². The molecular weight excluding hydrogens is 504 g/mol. The molecule has 1 amide bonds. The lowest BCUT2D eigenvalue weighted by Gasteiger charge is -2.42. The van der Waals surface area contributed by atoms with Crippen molar-refractivity contribution in [3.8, 4) is 23.0 Å². The summed E-state index contributed by atoms with van der Waals surface area (Å²) < 4.78 is 13.0. The van der Waals surface area contributed by atoms with E-state index in [4.69, 9.17) is 14.4 Å². The molecule has 1 saturated heterocycles. The minimum Gasteiger partial charge on any atom is -0.384 e. The molecule has 1 aliphatic heterocycles. The van der Waals surface area contributed by atoms with Crippen LogP contribution in [0.1, 0.15) is 46.4 Å². The third-order valence-electron chi connectivity index (χ3n) is 8.41. The lowest BCUT2D eigenvalue weighted by atomic mass is 9.65. The zero-order valence-electron chi connectivity index (χ0n) is 23.5. The molecule has 0 radical (unpaired) electrons. The standard InChI is InChI=1S/C31H36N6O3/c1-22-18-27(29-32-28(34-40-29)24-8-10-26(11-9-24)31(21-39-3)12-5-13-31)33-37(22)20-23-6-4-7-25(19-23)30(38)36-16-14-35(2)15-17-36/h4,6-11,18-19H,5,12-17,20-21H2,1-3H3. The molecule has 0 bridgehead atoms. The van der Waals surface area contributed by atoms with E-state index in [2.05, 4.69) is 46.4 Å². The molecule has 1 saturated carbocycles. The lowest BCUT2D eigenvalue weighted by Crippen LogP contribution is -2.47. The highest BCUT2D eigenvalue weighted by Crippen LogP contribution is 2.44. The molecule has 40 heavy (non-hydrogen) atoms. The summed E-state index contributed by atoms with van der Waals surface area (Å²) in [5.74, 6) is 1.01. The van der Waals surface area contributed by atoms with Gasteiger partial charge in [0.05, 0.1) is 13.2 Å². The molecule has 2 aromatic carbocycles. The van der Waals surface area contributed by atoms with Gasteiger partial charge in [0, 0.05) is 55.5 Å². The topological polar surface area (TPSA) is 89.5 Å². The Bertz CT molecular complexity index is 1480. The molecule has 2 aliphatic rings. The highest BCUT2D eigenvalue weighted by atomic mass is 16.5. The maximum atomic E-state index is 13.1. The molecule has 9 heteroatoms. The van der Waals surface area contributed by atoms with E-state index in [1.165, 1.54) is 12.0 Å². The number of likely N-dealkylation sites (N-methyl/N-ethyl adjacent to an activating group) is 1. The van der Waals surface area contributed by atoms with E-state index < -0.39 is 0 Å². The maximum Gasteiger partial charge on any atom is 0.278 e. The molecule has 0 spiro atoms. The molecule has 2 aromatic heterocycles. The van der Waals surface area contributed by atoms with Crippen LogP contribution in [0.5, 0.6) is 0 Å². The van der Waals surface area contributed by atoms with Gasteiger partial charge in [0.1, 0.15) is 0 Å². The smallest absolute Gasteiger partial charge is 0.278 e. The van der Waals surface area contributed by atoms with Crippen LogP contribution < -0.4 is 0 Å². The van der Waals surface area contributed by atoms with Crippen LogP contribution in [0.25, 0.3) is 23.0 Å². The number of amides is 1. The van der Waals surface area contributed by atoms with E-state index in [9.17, 15) is 4.79 Å². The summed E-state index contributed by atoms with van der Waals surface area (Å²) in [5.41, 5.74) is 5.68. The Morgan fingerprint density at radius 1 is 1.05 bits per heavy atom. The molecule has 3 heterocycles. The average Bonchev–Trinajstić information content (AvgIpc) is 3.58. The van der Waals surface area contributed by atoms with Crippen molar-refractivity contribution >= 4 is 5.91 Å². The Kier molecular flexibility index (Phi) is 7.25. The summed E-state index contributed by atoms with van der Waals surface area (Å²) in [4.78, 5) is 21.9. The number of hydrogen-bond donors (Lipinski definition) is 0. The van der Waals surface area contributed by atoms with Gasteiger partial charge in [0.25, 0.3) is 11.8 Å². The van der Waals surface area contributed by atoms with Gasteiger partial charge < -0.3 is 19.1 Å². The molecule has 4 aromatic rings. The van der Waals surface area contributed by atoms with Gasteiger partial charge in [-0.05, 0) is 56.1 Å². The number of ether oxygens (including phenoxy) is 1. The Balaban J connectivity index is 1.15. The number of carbonyl (C=O) groups is 1. The second-order valence-electron chi connectivity index (χ2n) is 11.2. The molecule has 208 valence electrons. The van der Waals surface area contributed by atoms with Crippen LogP contribution in [-0.4, -0.2) is 82.6 Å². The number of benzene rings is 2. The summed E-state index contributed by atoms with van der Waals surface area (Å²) >= 11 is 0. The van der Waals surface area contributed by atoms with Crippen molar-refractivity contribution in [2.24, 2.45) is 0 Å². The van der Waals surface area contributed by atoms with Crippen molar-refractivity contribution in [2.45, 2.75) is 38.1 Å². The van der Waals surface area contributed by atoms with Crippen LogP contribution in [0.15, 0.2) is 59.1 Å². The number of aromatic nitrogens is 4. The normalized spacial score (nSPS) is 17.1. The SMILES string of the molecule is COCC1(c2ccc(-c3noc(-c4cc(C)n(Cc5cccc(C(=O)N6CCN(C)CC6)c5)n4)n3)cc2)CCC1. The largest absolute Gasteiger partial charge is 0.384 e. The van der Waals surface area contributed by atoms with E-state index in [-0.39, 0.29) is 11.3 Å². The molecule has 9 nitrogen and oxygen atoms in total. The van der Waals surface area contributed by atoms with Gasteiger partial charge in [-0.15, -0.1) is 0 Å². The quantitative estimate of drug-likeness (QED) is 0.327. The number of aryl methyl sites for hydroxylation is 1. The predicted molar refractivity (Wildman–Crippen MR) is 152 cm³/mol. The average molecular weight is 541 g/mol. The first kappa shape index (κ1) is 26.4. The van der Waals surface area contributed by atoms with Gasteiger partial charge in [0.2, 0.25) is 5.82 Å². The van der Waals surface area contributed by atoms with E-state index in [1.807, 2.05) is 46.8 Å². The first-order valence-corrected chi connectivity index (χ1v) is 14.0. The molecular formula is C31H36N6O3. The summed E-state index contributed by atoms with van der Waals surface area (Å²) in [5, 5.41) is 8.97. The van der Waals surface area contributed by atoms with Gasteiger partial charge in [-0.1, -0.05) is 48.0 Å². The predicted octanol–water partition coefficient (Wildman–Crippen LogP) is 4.41. The molecule has 0 atom stereocenters. The van der Waals surface area contributed by atoms with Gasteiger partial charge in [-0.3, -0.25) is 9.48 Å². The highest BCUT2D eigenvalue weighted by molar-refractivity contribution is 5.94. The van der Waals surface area contributed by atoms with E-state index in [1.54, 1.807) is 7.11 Å². The number of methoxy groups -OCH3 is 1. The van der Waals surface area contributed by atoms with E-state index in [0.717, 1.165) is 62.4 Å². The summed E-state index contributed by atoms with van der Waals surface area (Å²) in [6, 6.07) is 18.2. The zero-order chi connectivity index (χ0) is 27.7. The van der Waals surface area contributed by atoms with Crippen molar-refractivity contribution in [1.29, 1.82) is 0 Å². The Morgan fingerprint density at radius 3 is 2.52 bits per heavy atom. The Hall–Kier alpha value is -3.82. The minimum atomic E-state index is 0.0841. The number of nitrogens with zero attached hydrogens (tertiary/aromatic N) is 6. The monoisotopic (exact) mass is 540 g/mol. The zero-order valence-corrected chi connectivity index (χ0v) is 23.5. The lowest BCUT2D eigenvalue weighted by molar-refractivity contribution is 0.0664. The first-order valence-electron chi connectivity index (χ1n) is 14.0. The summed E-state index contributed by atoms with van der Waals surface area (Å²) in [7, 11) is 3.86. The number of rotatable bonds is 8. The third-order valence-corrected chi connectivity index (χ3v) is 8.41. The van der Waals surface area contributed by atoms with Gasteiger partial charge >= 0.3 is 0 Å². The minimum absolute atomic E-state index is 0.0841. The van der Waals surface area contributed by atoms with E-state index in [0.29, 0.717) is 29.5 Å². The van der Waals surface area contributed by atoms with Crippen molar-refractivity contribution in [3.63, 3.8) is 0 Å². The fraction of sp³-hybridized carbons (Fsp3) is 0.419. The highest BCUT2D eigenvalue weighted by Gasteiger charge is 2.38. The summed E-state index contributed by atoms with van der Waals surface area (Å²) in [6.45, 7) is 6.61. The van der Waals surface area contributed by atoms with Gasteiger partial charge in [-0.25, -0.2) is 0 Å². The second kappa shape index (κ2) is 11.0. The fourth-order valence-corrected chi connectivity index (χ4v) is 5.76. The Labute approximate surface area is 234 Å². The van der Waals surface area contributed by atoms with Crippen LogP contribution in [-0.2, 0) is 16.7 Å². The molecule has 2 fully saturated rings. The van der Waals surface area contributed by atoms with Crippen LogP contribution in [0.2, 0.25) is 0 Å². The van der Waals surface area contributed by atoms with Crippen LogP contribution in [0, 0.1) is 6.92 Å². The third kappa shape index (κ3) is 5.19. The number of carbonyl (C=O) groups excluding carboxylic acids is 1. The van der Waals surface area contributed by atoms with Crippen LogP contribution in [0.3, 0.4) is 0 Å². The first-order chi connectivity index (χ1) is 19.4. The van der Waals surface area contributed by atoms with Crippen molar-refractivity contribution in [1.82, 2.24) is 29.7 Å². The van der Waals surface area contributed by atoms with Crippen molar-refractivity contribution < 1.29 is 14.1 Å². The number of piperazine rings is 1. The van der Waals surface area contributed by atoms with Crippen LogP contribution >= 0.6 is 0 Å². The molecule has 1 aliphatic carbocycles. The van der Waals surface area contributed by atoms with Crippen molar-refractivity contribution in [3.05, 3.63) is 77.0 Å². The maximum absolute atomic E-state index is 13.1. The second-order valence-corrected chi connectivity index (χ2v) is 11.2. The number of hydrogen-bond acceptors (Lipinski definition) is 7. The molecule has 0 N–H and O–H groups in total. The van der Waals surface area contributed by atoms with E-state index >= 15 is 0 Å². The molecule has 6 rings (SSSR count). The molecule has 0 unspecified atom stereocenters. The van der Waals surface area contributed by atoms with Gasteiger partial charge in [0.15, 0.2) is 5.69 Å². The fourth-order valence-electron chi connectivity index (χ4n) is 5.76. The van der Waals surface area contributed by atoms with Crippen LogP contribution in [0.4, 0.5) is 0 Å². The van der Waals surface area contributed by atoms with Crippen molar-refractivity contribution in [2.75, 3.05) is 46.9 Å². The summed E-state index contributed by atoms with van der Waals surface area (Å²) in [6.07, 6.45) is 3.56. The Morgan fingerprint density at radius 2 is 1.82 bits per heavy atom.